The topological polar surface area (TPSA) is 89.3 Å². The number of nitrogens with one attached hydrogen (secondary N) is 1. The SMILES string of the molecule is CC(=O)C1=NN(c2ccccc2)/C(=C(\C#N)C(=O)c2c[nH]c3ccccc23)S1. The van der Waals surface area contributed by atoms with E-state index in [1.807, 2.05) is 48.5 Å². The lowest BCUT2D eigenvalue weighted by Gasteiger charge is -2.16. The number of carbonyl (C=O) groups excluding carboxylic acids is 2. The fourth-order valence-electron chi connectivity index (χ4n) is 2.92. The summed E-state index contributed by atoms with van der Waals surface area (Å²) in [7, 11) is 0. The standard InChI is InChI=1S/C21H14N4O2S/c1-13(26)20-24-25(14-7-3-2-4-8-14)21(28-20)16(11-22)19(27)17-12-23-18-10-6-5-9-15(17)18/h2-10,12,23H,1H3/b21-16-. The molecule has 6 nitrogen and oxygen atoms in total. The Morgan fingerprint density at radius 1 is 1.11 bits per heavy atom. The van der Waals surface area contributed by atoms with Gasteiger partial charge in [0, 0.05) is 29.6 Å². The van der Waals surface area contributed by atoms with Crippen molar-refractivity contribution in [2.24, 2.45) is 5.10 Å². The monoisotopic (exact) mass is 386 g/mol. The van der Waals surface area contributed by atoms with Gasteiger partial charge in [0.25, 0.3) is 0 Å². The van der Waals surface area contributed by atoms with Crippen molar-refractivity contribution in [3.8, 4) is 6.07 Å². The molecule has 1 aromatic heterocycles. The van der Waals surface area contributed by atoms with E-state index in [1.54, 1.807) is 18.3 Å². The summed E-state index contributed by atoms with van der Waals surface area (Å²) < 4.78 is 0. The number of thioether (sulfide) groups is 1. The van der Waals surface area contributed by atoms with Crippen molar-refractivity contribution >= 4 is 45.0 Å². The zero-order valence-corrected chi connectivity index (χ0v) is 15.7. The smallest absolute Gasteiger partial charge is 0.208 e. The third kappa shape index (κ3) is 3.00. The van der Waals surface area contributed by atoms with Gasteiger partial charge in [-0.15, -0.1) is 0 Å². The van der Waals surface area contributed by atoms with Crippen LogP contribution in [0.15, 0.2) is 76.5 Å². The quantitative estimate of drug-likeness (QED) is 0.411. The number of hydrogen-bond acceptors (Lipinski definition) is 6. The normalized spacial score (nSPS) is 15.3. The average Bonchev–Trinajstić information content (AvgIpc) is 3.34. The second-order valence-corrected chi connectivity index (χ2v) is 7.06. The Morgan fingerprint density at radius 3 is 2.54 bits per heavy atom. The second kappa shape index (κ2) is 7.18. The molecule has 0 saturated carbocycles. The van der Waals surface area contributed by atoms with E-state index in [4.69, 9.17) is 0 Å². The number of ketones is 2. The highest BCUT2D eigenvalue weighted by atomic mass is 32.2. The van der Waals surface area contributed by atoms with Gasteiger partial charge in [0.05, 0.1) is 5.69 Å². The van der Waals surface area contributed by atoms with Crippen LogP contribution in [0.25, 0.3) is 10.9 Å². The number of carbonyl (C=O) groups is 2. The van der Waals surface area contributed by atoms with Crippen LogP contribution >= 0.6 is 11.8 Å². The van der Waals surface area contributed by atoms with Crippen molar-refractivity contribution in [3.63, 3.8) is 0 Å². The molecule has 0 radical (unpaired) electrons. The third-order valence-corrected chi connectivity index (χ3v) is 5.40. The first-order valence-corrected chi connectivity index (χ1v) is 9.29. The molecule has 0 fully saturated rings. The molecule has 0 amide bonds. The van der Waals surface area contributed by atoms with Crippen molar-refractivity contribution < 1.29 is 9.59 Å². The van der Waals surface area contributed by atoms with Crippen LogP contribution in [0.2, 0.25) is 0 Å². The Kier molecular flexibility index (Phi) is 4.55. The van der Waals surface area contributed by atoms with Crippen LogP contribution in [-0.4, -0.2) is 21.6 Å². The molecule has 0 unspecified atom stereocenters. The molecule has 7 heteroatoms. The number of rotatable bonds is 4. The fourth-order valence-corrected chi connectivity index (χ4v) is 3.85. The molecule has 1 aliphatic heterocycles. The van der Waals surface area contributed by atoms with E-state index in [0.717, 1.165) is 22.7 Å². The molecule has 3 aromatic rings. The number of aromatic amines is 1. The van der Waals surface area contributed by atoms with E-state index >= 15 is 0 Å². The van der Waals surface area contributed by atoms with E-state index in [1.165, 1.54) is 11.9 Å². The Morgan fingerprint density at radius 2 is 1.82 bits per heavy atom. The number of hydrogen-bond donors (Lipinski definition) is 1. The van der Waals surface area contributed by atoms with E-state index in [2.05, 4.69) is 10.1 Å². The van der Waals surface area contributed by atoms with Crippen LogP contribution in [0.5, 0.6) is 0 Å². The summed E-state index contributed by atoms with van der Waals surface area (Å²) in [6.45, 7) is 1.41. The number of Topliss-reactive ketones (excluding diaryl/α,β-unsaturated/α-hetero) is 2. The molecular weight excluding hydrogens is 372 g/mol. The van der Waals surface area contributed by atoms with Gasteiger partial charge in [0.1, 0.15) is 16.7 Å². The number of aromatic nitrogens is 1. The maximum atomic E-state index is 13.2. The van der Waals surface area contributed by atoms with E-state index in [-0.39, 0.29) is 16.4 Å². The van der Waals surface area contributed by atoms with E-state index in [9.17, 15) is 14.9 Å². The molecule has 0 atom stereocenters. The van der Waals surface area contributed by atoms with Gasteiger partial charge in [0.2, 0.25) is 5.78 Å². The summed E-state index contributed by atoms with van der Waals surface area (Å²) in [6, 6.07) is 18.5. The Hall–Kier alpha value is -3.63. The fraction of sp³-hybridized carbons (Fsp3) is 0.0476. The number of hydrazone groups is 1. The lowest BCUT2D eigenvalue weighted by molar-refractivity contribution is -0.110. The Bertz CT molecular complexity index is 1200. The van der Waals surface area contributed by atoms with Crippen LogP contribution < -0.4 is 5.01 Å². The summed E-state index contributed by atoms with van der Waals surface area (Å²) in [4.78, 5) is 28.1. The van der Waals surface area contributed by atoms with Crippen LogP contribution in [0.4, 0.5) is 5.69 Å². The van der Waals surface area contributed by atoms with Gasteiger partial charge >= 0.3 is 0 Å². The first-order chi connectivity index (χ1) is 13.6. The van der Waals surface area contributed by atoms with Crippen LogP contribution in [0.3, 0.4) is 0 Å². The number of fused-ring (bicyclic) bond motifs is 1. The lowest BCUT2D eigenvalue weighted by atomic mass is 10.0. The van der Waals surface area contributed by atoms with Crippen LogP contribution in [-0.2, 0) is 4.79 Å². The molecule has 136 valence electrons. The van der Waals surface area contributed by atoms with Crippen molar-refractivity contribution in [2.45, 2.75) is 6.92 Å². The minimum absolute atomic E-state index is 0.0568. The summed E-state index contributed by atoms with van der Waals surface area (Å²) in [6.07, 6.45) is 1.60. The number of nitriles is 1. The molecule has 0 bridgehead atoms. The van der Waals surface area contributed by atoms with Gasteiger partial charge in [-0.05, 0) is 30.0 Å². The van der Waals surface area contributed by atoms with Gasteiger partial charge in [-0.25, -0.2) is 5.01 Å². The molecule has 0 spiro atoms. The lowest BCUT2D eigenvalue weighted by Crippen LogP contribution is -2.15. The van der Waals surface area contributed by atoms with Gasteiger partial charge in [-0.1, -0.05) is 36.4 Å². The average molecular weight is 386 g/mol. The molecular formula is C21H14N4O2S. The van der Waals surface area contributed by atoms with Gasteiger partial charge in [-0.3, -0.25) is 9.59 Å². The molecule has 2 heterocycles. The number of H-pyrrole nitrogens is 1. The van der Waals surface area contributed by atoms with Crippen molar-refractivity contribution in [2.75, 3.05) is 5.01 Å². The van der Waals surface area contributed by atoms with Gasteiger partial charge in [-0.2, -0.15) is 10.4 Å². The molecule has 1 N–H and O–H groups in total. The number of allylic oxidation sites excluding steroid dienone is 1. The van der Waals surface area contributed by atoms with Gasteiger partial charge < -0.3 is 4.98 Å². The first-order valence-electron chi connectivity index (χ1n) is 8.48. The first kappa shape index (κ1) is 17.8. The Balaban J connectivity index is 1.85. The highest BCUT2D eigenvalue weighted by molar-refractivity contribution is 8.19. The minimum Gasteiger partial charge on any atom is -0.360 e. The zero-order valence-electron chi connectivity index (χ0n) is 14.8. The zero-order chi connectivity index (χ0) is 19.7. The summed E-state index contributed by atoms with van der Waals surface area (Å²) >= 11 is 1.04. The second-order valence-electron chi connectivity index (χ2n) is 6.08. The summed E-state index contributed by atoms with van der Waals surface area (Å²) in [5.41, 5.74) is 1.83. The minimum atomic E-state index is -0.414. The molecule has 0 saturated heterocycles. The summed E-state index contributed by atoms with van der Waals surface area (Å²) in [5.74, 6) is -0.638. The summed E-state index contributed by atoms with van der Waals surface area (Å²) in [5, 5.41) is 16.9. The largest absolute Gasteiger partial charge is 0.360 e. The van der Waals surface area contributed by atoms with Crippen LogP contribution in [0.1, 0.15) is 17.3 Å². The van der Waals surface area contributed by atoms with E-state index in [0.29, 0.717) is 16.3 Å². The van der Waals surface area contributed by atoms with Crippen molar-refractivity contribution in [1.29, 1.82) is 5.26 Å². The van der Waals surface area contributed by atoms with Crippen LogP contribution in [0, 0.1) is 11.3 Å². The highest BCUT2D eigenvalue weighted by Crippen LogP contribution is 2.38. The predicted octanol–water partition coefficient (Wildman–Crippen LogP) is 4.24. The van der Waals surface area contributed by atoms with Crippen molar-refractivity contribution in [3.05, 3.63) is 77.0 Å². The van der Waals surface area contributed by atoms with Gasteiger partial charge in [0.15, 0.2) is 10.8 Å². The van der Waals surface area contributed by atoms with E-state index < -0.39 is 5.78 Å². The maximum absolute atomic E-state index is 13.2. The van der Waals surface area contributed by atoms with Crippen molar-refractivity contribution in [1.82, 2.24) is 4.98 Å². The predicted molar refractivity (Wildman–Crippen MR) is 110 cm³/mol. The number of anilines is 1. The number of para-hydroxylation sites is 2. The third-order valence-electron chi connectivity index (χ3n) is 4.27. The maximum Gasteiger partial charge on any atom is 0.208 e. The number of nitrogens with zero attached hydrogens (tertiary/aromatic N) is 3. The molecule has 0 aliphatic carbocycles. The molecule has 4 rings (SSSR count). The highest BCUT2D eigenvalue weighted by Gasteiger charge is 2.32. The molecule has 1 aliphatic rings. The molecule has 28 heavy (non-hydrogen) atoms. The molecule has 2 aromatic carbocycles. The number of benzene rings is 2. The Labute approximate surface area is 165 Å².